The van der Waals surface area contributed by atoms with Gasteiger partial charge in [-0.25, -0.2) is 0 Å². The summed E-state index contributed by atoms with van der Waals surface area (Å²) in [6.07, 6.45) is 2.16. The largest absolute Gasteiger partial charge is 0.384 e. The maximum Gasteiger partial charge on any atom is 0.222 e. The van der Waals surface area contributed by atoms with Gasteiger partial charge < -0.3 is 15.5 Å². The molecule has 1 aromatic carbocycles. The molecule has 5 heteroatoms. The number of aromatic nitrogens is 1. The van der Waals surface area contributed by atoms with Gasteiger partial charge in [0, 0.05) is 43.6 Å². The van der Waals surface area contributed by atoms with Crippen molar-refractivity contribution in [3.8, 4) is 0 Å². The Morgan fingerprint density at radius 2 is 1.96 bits per heavy atom. The third-order valence-corrected chi connectivity index (χ3v) is 4.20. The van der Waals surface area contributed by atoms with Crippen molar-refractivity contribution in [1.82, 2.24) is 10.3 Å². The van der Waals surface area contributed by atoms with Gasteiger partial charge in [-0.1, -0.05) is 6.07 Å². The Morgan fingerprint density at radius 1 is 1.16 bits per heavy atom. The molecule has 1 aromatic heterocycles. The van der Waals surface area contributed by atoms with Crippen molar-refractivity contribution in [1.29, 1.82) is 0 Å². The second kappa shape index (κ2) is 9.67. The van der Waals surface area contributed by atoms with Gasteiger partial charge in [0.15, 0.2) is 0 Å². The maximum absolute atomic E-state index is 11.9. The minimum atomic E-state index is 0.0237. The second-order valence-electron chi connectivity index (χ2n) is 5.95. The standard InChI is InChI=1S/C20H28N4O/c1-4-24(5-2)18-9-10-19(16(3)14-18)22-13-11-20(25)23-15-17-8-6-7-12-21-17/h6-10,12,14,22H,4-5,11,13,15H2,1-3H3,(H,23,25). The highest BCUT2D eigenvalue weighted by molar-refractivity contribution is 5.76. The smallest absolute Gasteiger partial charge is 0.222 e. The summed E-state index contributed by atoms with van der Waals surface area (Å²) in [5.41, 5.74) is 4.37. The number of benzene rings is 1. The molecule has 2 aromatic rings. The van der Waals surface area contributed by atoms with Crippen LogP contribution in [0, 0.1) is 6.92 Å². The van der Waals surface area contributed by atoms with E-state index in [1.165, 1.54) is 11.3 Å². The van der Waals surface area contributed by atoms with Gasteiger partial charge in [0.05, 0.1) is 12.2 Å². The van der Waals surface area contributed by atoms with Gasteiger partial charge >= 0.3 is 0 Å². The van der Waals surface area contributed by atoms with Crippen molar-refractivity contribution in [3.63, 3.8) is 0 Å². The molecule has 0 fully saturated rings. The van der Waals surface area contributed by atoms with Crippen LogP contribution in [0.1, 0.15) is 31.5 Å². The van der Waals surface area contributed by atoms with Crippen LogP contribution in [0.15, 0.2) is 42.6 Å². The molecule has 0 bridgehead atoms. The number of nitrogens with one attached hydrogen (secondary N) is 2. The first-order valence-corrected chi connectivity index (χ1v) is 8.90. The maximum atomic E-state index is 11.9. The third-order valence-electron chi connectivity index (χ3n) is 4.20. The number of hydrogen-bond acceptors (Lipinski definition) is 4. The van der Waals surface area contributed by atoms with E-state index in [0.717, 1.165) is 24.5 Å². The molecule has 0 aliphatic rings. The minimum Gasteiger partial charge on any atom is -0.384 e. The number of aryl methyl sites for hydroxylation is 1. The minimum absolute atomic E-state index is 0.0237. The first-order chi connectivity index (χ1) is 12.1. The van der Waals surface area contributed by atoms with Crippen LogP contribution < -0.4 is 15.5 Å². The van der Waals surface area contributed by atoms with Crippen LogP contribution >= 0.6 is 0 Å². The van der Waals surface area contributed by atoms with Gasteiger partial charge in [-0.3, -0.25) is 9.78 Å². The number of carbonyl (C=O) groups is 1. The van der Waals surface area contributed by atoms with Crippen LogP contribution in [0.4, 0.5) is 11.4 Å². The lowest BCUT2D eigenvalue weighted by atomic mass is 10.1. The summed E-state index contributed by atoms with van der Waals surface area (Å²) in [5.74, 6) is 0.0237. The molecule has 134 valence electrons. The number of pyridine rings is 1. The number of carbonyl (C=O) groups excluding carboxylic acids is 1. The Labute approximate surface area is 150 Å². The Morgan fingerprint density at radius 3 is 2.60 bits per heavy atom. The molecule has 1 heterocycles. The average molecular weight is 340 g/mol. The molecule has 0 saturated heterocycles. The van der Waals surface area contributed by atoms with Crippen LogP contribution in [0.3, 0.4) is 0 Å². The quantitative estimate of drug-likeness (QED) is 0.735. The van der Waals surface area contributed by atoms with Crippen LogP contribution in [-0.4, -0.2) is 30.5 Å². The van der Waals surface area contributed by atoms with E-state index in [2.05, 4.69) is 59.5 Å². The van der Waals surface area contributed by atoms with Gasteiger partial charge in [0.25, 0.3) is 0 Å². The van der Waals surface area contributed by atoms with E-state index in [9.17, 15) is 4.79 Å². The number of nitrogens with zero attached hydrogens (tertiary/aromatic N) is 2. The van der Waals surface area contributed by atoms with Gasteiger partial charge in [-0.15, -0.1) is 0 Å². The molecule has 0 aliphatic carbocycles. The fourth-order valence-corrected chi connectivity index (χ4v) is 2.72. The van der Waals surface area contributed by atoms with Crippen LogP contribution in [0.5, 0.6) is 0 Å². The number of hydrogen-bond donors (Lipinski definition) is 2. The molecular weight excluding hydrogens is 312 g/mol. The summed E-state index contributed by atoms with van der Waals surface area (Å²) >= 11 is 0. The predicted molar refractivity (Wildman–Crippen MR) is 104 cm³/mol. The fourth-order valence-electron chi connectivity index (χ4n) is 2.72. The van der Waals surface area contributed by atoms with Gasteiger partial charge in [-0.05, 0) is 56.7 Å². The Kier molecular flexibility index (Phi) is 7.26. The molecule has 1 amide bonds. The van der Waals surface area contributed by atoms with Crippen molar-refractivity contribution in [2.75, 3.05) is 29.9 Å². The van der Waals surface area contributed by atoms with Crippen molar-refractivity contribution in [3.05, 3.63) is 53.9 Å². The molecule has 25 heavy (non-hydrogen) atoms. The monoisotopic (exact) mass is 340 g/mol. The summed E-state index contributed by atoms with van der Waals surface area (Å²) in [5, 5.41) is 6.24. The van der Waals surface area contributed by atoms with Crippen LogP contribution in [0.25, 0.3) is 0 Å². The van der Waals surface area contributed by atoms with Crippen LogP contribution in [0.2, 0.25) is 0 Å². The zero-order valence-electron chi connectivity index (χ0n) is 15.4. The molecule has 0 atom stereocenters. The van der Waals surface area contributed by atoms with Crippen molar-refractivity contribution >= 4 is 17.3 Å². The van der Waals surface area contributed by atoms with Crippen molar-refractivity contribution in [2.45, 2.75) is 33.7 Å². The van der Waals surface area contributed by atoms with Gasteiger partial charge in [-0.2, -0.15) is 0 Å². The molecule has 0 spiro atoms. The van der Waals surface area contributed by atoms with E-state index in [4.69, 9.17) is 0 Å². The highest BCUT2D eigenvalue weighted by Crippen LogP contribution is 2.22. The lowest BCUT2D eigenvalue weighted by Gasteiger charge is -2.22. The lowest BCUT2D eigenvalue weighted by Crippen LogP contribution is -2.25. The molecule has 2 rings (SSSR count). The highest BCUT2D eigenvalue weighted by Gasteiger charge is 2.06. The summed E-state index contributed by atoms with van der Waals surface area (Å²) in [6.45, 7) is 9.49. The molecule has 0 radical (unpaired) electrons. The molecule has 0 unspecified atom stereocenters. The highest BCUT2D eigenvalue weighted by atomic mass is 16.1. The van der Waals surface area contributed by atoms with Gasteiger partial charge in [0.2, 0.25) is 5.91 Å². The number of amides is 1. The van der Waals surface area contributed by atoms with E-state index in [0.29, 0.717) is 19.5 Å². The zero-order valence-corrected chi connectivity index (χ0v) is 15.4. The van der Waals surface area contributed by atoms with E-state index in [1.54, 1.807) is 6.20 Å². The summed E-state index contributed by atoms with van der Waals surface area (Å²) < 4.78 is 0. The molecule has 0 aliphatic heterocycles. The van der Waals surface area contributed by atoms with Crippen LogP contribution in [-0.2, 0) is 11.3 Å². The summed E-state index contributed by atoms with van der Waals surface area (Å²) in [4.78, 5) is 18.4. The zero-order chi connectivity index (χ0) is 18.1. The van der Waals surface area contributed by atoms with Gasteiger partial charge in [0.1, 0.15) is 0 Å². The number of rotatable bonds is 9. The lowest BCUT2D eigenvalue weighted by molar-refractivity contribution is -0.121. The molecule has 0 saturated carbocycles. The average Bonchev–Trinajstić information content (AvgIpc) is 2.63. The topological polar surface area (TPSA) is 57.3 Å². The molecule has 5 nitrogen and oxygen atoms in total. The molecular formula is C20H28N4O. The predicted octanol–water partition coefficient (Wildman–Crippen LogP) is 3.35. The second-order valence-corrected chi connectivity index (χ2v) is 5.95. The normalized spacial score (nSPS) is 10.4. The Bertz CT molecular complexity index is 669. The molecule has 2 N–H and O–H groups in total. The van der Waals surface area contributed by atoms with Crippen molar-refractivity contribution < 1.29 is 4.79 Å². The summed E-state index contributed by atoms with van der Waals surface area (Å²) in [6, 6.07) is 12.1. The SMILES string of the molecule is CCN(CC)c1ccc(NCCC(=O)NCc2ccccn2)c(C)c1. The third kappa shape index (κ3) is 5.78. The first-order valence-electron chi connectivity index (χ1n) is 8.90. The van der Waals surface area contributed by atoms with E-state index < -0.39 is 0 Å². The first kappa shape index (κ1) is 18.8. The number of anilines is 2. The van der Waals surface area contributed by atoms with E-state index in [1.807, 2.05) is 18.2 Å². The Balaban J connectivity index is 1.78. The van der Waals surface area contributed by atoms with Crippen molar-refractivity contribution in [2.24, 2.45) is 0 Å². The van der Waals surface area contributed by atoms with E-state index >= 15 is 0 Å². The summed E-state index contributed by atoms with van der Waals surface area (Å²) in [7, 11) is 0. The van der Waals surface area contributed by atoms with E-state index in [-0.39, 0.29) is 5.91 Å². The fraction of sp³-hybridized carbons (Fsp3) is 0.400. The Hall–Kier alpha value is -2.56.